The van der Waals surface area contributed by atoms with Gasteiger partial charge in [0.2, 0.25) is 10.0 Å². The fraction of sp³-hybridized carbons (Fsp3) is 0.533. The van der Waals surface area contributed by atoms with Crippen molar-refractivity contribution >= 4 is 10.0 Å². The van der Waals surface area contributed by atoms with Crippen LogP contribution in [-0.2, 0) is 15.8 Å². The molecule has 1 fully saturated rings. The van der Waals surface area contributed by atoms with Crippen molar-refractivity contribution in [3.8, 4) is 6.07 Å². The van der Waals surface area contributed by atoms with Crippen LogP contribution < -0.4 is 0 Å². The Hall–Kier alpha value is -1.42. The van der Waals surface area contributed by atoms with Crippen LogP contribution in [0.25, 0.3) is 0 Å². The summed E-state index contributed by atoms with van der Waals surface area (Å²) in [6.07, 6.45) is 1.10. The molecule has 21 heavy (non-hydrogen) atoms. The first kappa shape index (κ1) is 16.0. The zero-order valence-electron chi connectivity index (χ0n) is 12.3. The van der Waals surface area contributed by atoms with Crippen LogP contribution in [0.15, 0.2) is 24.3 Å². The summed E-state index contributed by atoms with van der Waals surface area (Å²) in [5.74, 6) is 0.00643. The average molecular weight is 307 g/mol. The van der Waals surface area contributed by atoms with Gasteiger partial charge in [0.1, 0.15) is 0 Å². The molecule has 2 rings (SSSR count). The Bertz CT molecular complexity index is 597. The van der Waals surface area contributed by atoms with Crippen LogP contribution in [0, 0.1) is 11.3 Å². The minimum absolute atomic E-state index is 0.00643. The lowest BCUT2D eigenvalue weighted by atomic mass is 10.2. The van der Waals surface area contributed by atoms with E-state index in [1.165, 1.54) is 0 Å². The number of nitrogens with zero attached hydrogens (tertiary/aromatic N) is 3. The Morgan fingerprint density at radius 3 is 2.29 bits per heavy atom. The summed E-state index contributed by atoms with van der Waals surface area (Å²) in [4.78, 5) is 2.30. The molecule has 0 unspecified atom stereocenters. The van der Waals surface area contributed by atoms with E-state index in [1.54, 1.807) is 28.6 Å². The van der Waals surface area contributed by atoms with Crippen LogP contribution in [0.5, 0.6) is 0 Å². The van der Waals surface area contributed by atoms with Gasteiger partial charge in [-0.3, -0.25) is 0 Å². The van der Waals surface area contributed by atoms with Gasteiger partial charge in [0.05, 0.1) is 17.4 Å². The summed E-state index contributed by atoms with van der Waals surface area (Å²) < 4.78 is 26.4. The van der Waals surface area contributed by atoms with Crippen LogP contribution in [0.4, 0.5) is 0 Å². The van der Waals surface area contributed by atoms with Gasteiger partial charge >= 0.3 is 0 Å². The van der Waals surface area contributed by atoms with Crippen molar-refractivity contribution in [2.24, 2.45) is 0 Å². The molecule has 114 valence electrons. The van der Waals surface area contributed by atoms with Gasteiger partial charge in [0, 0.05) is 26.2 Å². The van der Waals surface area contributed by atoms with E-state index in [0.717, 1.165) is 31.6 Å². The summed E-state index contributed by atoms with van der Waals surface area (Å²) >= 11 is 0. The SMILES string of the molecule is CCCN1CCN(S(=O)(=O)Cc2ccc(C#N)cc2)CC1. The highest BCUT2D eigenvalue weighted by Gasteiger charge is 2.26. The summed E-state index contributed by atoms with van der Waals surface area (Å²) in [6, 6.07) is 8.77. The average Bonchev–Trinajstić information content (AvgIpc) is 2.48. The fourth-order valence-corrected chi connectivity index (χ4v) is 4.04. The van der Waals surface area contributed by atoms with Gasteiger partial charge < -0.3 is 4.90 Å². The second kappa shape index (κ2) is 7.03. The Balaban J connectivity index is 1.97. The van der Waals surface area contributed by atoms with Gasteiger partial charge in [-0.1, -0.05) is 19.1 Å². The summed E-state index contributed by atoms with van der Waals surface area (Å²) in [5.41, 5.74) is 1.27. The maximum atomic E-state index is 12.4. The molecule has 0 saturated carbocycles. The third kappa shape index (κ3) is 4.27. The van der Waals surface area contributed by atoms with E-state index in [2.05, 4.69) is 11.8 Å². The van der Waals surface area contributed by atoms with Crippen molar-refractivity contribution in [3.63, 3.8) is 0 Å². The molecule has 0 atom stereocenters. The largest absolute Gasteiger partial charge is 0.301 e. The minimum Gasteiger partial charge on any atom is -0.301 e. The normalized spacial score (nSPS) is 17.5. The Kier molecular flexibility index (Phi) is 5.34. The smallest absolute Gasteiger partial charge is 0.218 e. The van der Waals surface area contributed by atoms with Gasteiger partial charge in [-0.2, -0.15) is 9.57 Å². The number of nitriles is 1. The maximum Gasteiger partial charge on any atom is 0.218 e. The predicted molar refractivity (Wildman–Crippen MR) is 82.1 cm³/mol. The van der Waals surface area contributed by atoms with Crippen LogP contribution in [0.2, 0.25) is 0 Å². The molecule has 1 aliphatic heterocycles. The van der Waals surface area contributed by atoms with Crippen LogP contribution in [-0.4, -0.2) is 50.3 Å². The molecule has 1 saturated heterocycles. The molecule has 1 aromatic carbocycles. The molecule has 0 aliphatic carbocycles. The van der Waals surface area contributed by atoms with Gasteiger partial charge in [0.25, 0.3) is 0 Å². The number of piperazine rings is 1. The molecule has 0 bridgehead atoms. The predicted octanol–water partition coefficient (Wildman–Crippen LogP) is 1.42. The van der Waals surface area contributed by atoms with E-state index in [9.17, 15) is 8.42 Å². The van der Waals surface area contributed by atoms with Gasteiger partial charge in [0.15, 0.2) is 0 Å². The van der Waals surface area contributed by atoms with Crippen LogP contribution in [0.3, 0.4) is 0 Å². The molecule has 0 spiro atoms. The number of rotatable bonds is 5. The number of hydrogen-bond donors (Lipinski definition) is 0. The van der Waals surface area contributed by atoms with Crippen LogP contribution >= 0.6 is 0 Å². The lowest BCUT2D eigenvalue weighted by molar-refractivity contribution is 0.188. The van der Waals surface area contributed by atoms with Crippen molar-refractivity contribution in [3.05, 3.63) is 35.4 Å². The summed E-state index contributed by atoms with van der Waals surface area (Å²) in [7, 11) is -3.27. The molecule has 0 N–H and O–H groups in total. The molecule has 1 aliphatic rings. The zero-order valence-corrected chi connectivity index (χ0v) is 13.1. The second-order valence-corrected chi connectivity index (χ2v) is 7.27. The molecule has 0 aromatic heterocycles. The molecular weight excluding hydrogens is 286 g/mol. The summed E-state index contributed by atoms with van der Waals surface area (Å²) in [6.45, 7) is 5.91. The van der Waals surface area contributed by atoms with Crippen molar-refractivity contribution in [1.82, 2.24) is 9.21 Å². The lowest BCUT2D eigenvalue weighted by Crippen LogP contribution is -2.48. The molecule has 1 heterocycles. The van der Waals surface area contributed by atoms with Gasteiger partial charge in [-0.05, 0) is 30.7 Å². The van der Waals surface area contributed by atoms with E-state index < -0.39 is 10.0 Å². The minimum atomic E-state index is -3.27. The first-order valence-electron chi connectivity index (χ1n) is 7.24. The Morgan fingerprint density at radius 2 is 1.76 bits per heavy atom. The zero-order chi connectivity index (χ0) is 15.3. The number of hydrogen-bond acceptors (Lipinski definition) is 4. The summed E-state index contributed by atoms with van der Waals surface area (Å²) in [5, 5.41) is 8.75. The topological polar surface area (TPSA) is 64.4 Å². The fourth-order valence-electron chi connectivity index (χ4n) is 2.52. The van der Waals surface area contributed by atoms with Crippen molar-refractivity contribution in [1.29, 1.82) is 5.26 Å². The third-order valence-corrected chi connectivity index (χ3v) is 5.55. The first-order valence-corrected chi connectivity index (χ1v) is 8.85. The Labute approximate surface area is 126 Å². The molecule has 0 amide bonds. The molecule has 6 heteroatoms. The van der Waals surface area contributed by atoms with E-state index in [4.69, 9.17) is 5.26 Å². The number of benzene rings is 1. The first-order chi connectivity index (χ1) is 10.0. The molecule has 5 nitrogen and oxygen atoms in total. The molecular formula is C15H21N3O2S. The van der Waals surface area contributed by atoms with Crippen molar-refractivity contribution in [2.75, 3.05) is 32.7 Å². The van der Waals surface area contributed by atoms with E-state index in [-0.39, 0.29) is 5.75 Å². The Morgan fingerprint density at radius 1 is 1.14 bits per heavy atom. The van der Waals surface area contributed by atoms with E-state index in [1.807, 2.05) is 6.07 Å². The van der Waals surface area contributed by atoms with Gasteiger partial charge in [-0.25, -0.2) is 8.42 Å². The highest BCUT2D eigenvalue weighted by molar-refractivity contribution is 7.88. The molecule has 0 radical (unpaired) electrons. The lowest BCUT2D eigenvalue weighted by Gasteiger charge is -2.33. The van der Waals surface area contributed by atoms with Gasteiger partial charge in [-0.15, -0.1) is 0 Å². The van der Waals surface area contributed by atoms with E-state index >= 15 is 0 Å². The van der Waals surface area contributed by atoms with Crippen molar-refractivity contribution < 1.29 is 8.42 Å². The monoisotopic (exact) mass is 307 g/mol. The van der Waals surface area contributed by atoms with Crippen molar-refractivity contribution in [2.45, 2.75) is 19.1 Å². The van der Waals surface area contributed by atoms with Crippen LogP contribution in [0.1, 0.15) is 24.5 Å². The molecule has 1 aromatic rings. The maximum absolute atomic E-state index is 12.4. The number of sulfonamides is 1. The van der Waals surface area contributed by atoms with E-state index in [0.29, 0.717) is 18.7 Å². The highest BCUT2D eigenvalue weighted by atomic mass is 32.2. The third-order valence-electron chi connectivity index (χ3n) is 3.70. The quantitative estimate of drug-likeness (QED) is 0.825. The standard InChI is InChI=1S/C15H21N3O2S/c1-2-7-17-8-10-18(11-9-17)21(19,20)13-15-5-3-14(12-16)4-6-15/h3-6H,2,7-11,13H2,1H3. The second-order valence-electron chi connectivity index (χ2n) is 5.31. The highest BCUT2D eigenvalue weighted by Crippen LogP contribution is 2.14.